The molecule has 158 valence electrons. The first-order valence-corrected chi connectivity index (χ1v) is 11.4. The molecule has 0 aromatic heterocycles. The third-order valence-corrected chi connectivity index (χ3v) is 6.08. The Morgan fingerprint density at radius 1 is 1.28 bits per heavy atom. The molecule has 1 aliphatic carbocycles. The highest BCUT2D eigenvalue weighted by Crippen LogP contribution is 2.36. The number of hydrogen-bond donors (Lipinski definition) is 3. The van der Waals surface area contributed by atoms with Gasteiger partial charge in [-0.15, -0.1) is 0 Å². The molecule has 3 N–H and O–H groups in total. The monoisotopic (exact) mass is 422 g/mol. The zero-order chi connectivity index (χ0) is 21.4. The molecule has 1 aromatic rings. The van der Waals surface area contributed by atoms with Crippen molar-refractivity contribution in [3.8, 4) is 0 Å². The Hall–Kier alpha value is -2.62. The van der Waals surface area contributed by atoms with Crippen LogP contribution < -0.4 is 15.4 Å². The van der Waals surface area contributed by atoms with Gasteiger partial charge in [0, 0.05) is 5.69 Å². The van der Waals surface area contributed by atoms with Crippen LogP contribution in [0.4, 0.5) is 16.2 Å². The lowest BCUT2D eigenvalue weighted by Crippen LogP contribution is -2.49. The SMILES string of the molecule is Cc1ccc(NC(=O)CN2C(=O)NC3(CCC(C)CC3)C2=O)cc1NS(C)(=O)=O. The fourth-order valence-corrected chi connectivity index (χ4v) is 4.39. The summed E-state index contributed by atoms with van der Waals surface area (Å²) in [5, 5.41) is 5.40. The zero-order valence-corrected chi connectivity index (χ0v) is 17.6. The number of sulfonamides is 1. The van der Waals surface area contributed by atoms with Gasteiger partial charge in [-0.2, -0.15) is 0 Å². The number of rotatable bonds is 5. The summed E-state index contributed by atoms with van der Waals surface area (Å²) in [6, 6.07) is 4.22. The summed E-state index contributed by atoms with van der Waals surface area (Å²) in [5.41, 5.74) is 0.506. The van der Waals surface area contributed by atoms with Crippen molar-refractivity contribution in [2.45, 2.75) is 45.1 Å². The van der Waals surface area contributed by atoms with Crippen LogP contribution in [-0.4, -0.2) is 49.5 Å². The minimum Gasteiger partial charge on any atom is -0.324 e. The van der Waals surface area contributed by atoms with Gasteiger partial charge in [0.25, 0.3) is 5.91 Å². The Kier molecular flexibility index (Phi) is 5.57. The number of amides is 4. The van der Waals surface area contributed by atoms with Crippen LogP contribution >= 0.6 is 0 Å². The molecular formula is C19H26N4O5S. The maximum atomic E-state index is 12.8. The van der Waals surface area contributed by atoms with Crippen molar-refractivity contribution in [2.24, 2.45) is 5.92 Å². The van der Waals surface area contributed by atoms with Gasteiger partial charge in [-0.3, -0.25) is 19.2 Å². The Morgan fingerprint density at radius 3 is 2.55 bits per heavy atom. The summed E-state index contributed by atoms with van der Waals surface area (Å²) in [6.07, 6.45) is 3.90. The molecule has 1 aromatic carbocycles. The standard InChI is InChI=1S/C19H26N4O5S/c1-12-6-8-19(9-7-12)17(25)23(18(26)21-19)11-16(24)20-14-5-4-13(2)15(10-14)22-29(3,27)28/h4-5,10,12,22H,6-9,11H2,1-3H3,(H,20,24)(H,21,26). The summed E-state index contributed by atoms with van der Waals surface area (Å²) in [5.74, 6) is -0.379. The molecule has 1 saturated heterocycles. The van der Waals surface area contributed by atoms with E-state index in [4.69, 9.17) is 0 Å². The maximum Gasteiger partial charge on any atom is 0.325 e. The van der Waals surface area contributed by atoms with Crippen LogP contribution in [0.5, 0.6) is 0 Å². The van der Waals surface area contributed by atoms with E-state index in [1.54, 1.807) is 19.1 Å². The van der Waals surface area contributed by atoms with Crippen LogP contribution in [0.3, 0.4) is 0 Å². The maximum absolute atomic E-state index is 12.8. The number of benzene rings is 1. The van der Waals surface area contributed by atoms with Crippen LogP contribution in [0.2, 0.25) is 0 Å². The highest BCUT2D eigenvalue weighted by atomic mass is 32.2. The van der Waals surface area contributed by atoms with Crippen molar-refractivity contribution < 1.29 is 22.8 Å². The smallest absolute Gasteiger partial charge is 0.324 e. The van der Waals surface area contributed by atoms with Gasteiger partial charge < -0.3 is 10.6 Å². The van der Waals surface area contributed by atoms with Crippen molar-refractivity contribution >= 4 is 39.2 Å². The zero-order valence-electron chi connectivity index (χ0n) is 16.7. The van der Waals surface area contributed by atoms with Gasteiger partial charge in [0.1, 0.15) is 12.1 Å². The lowest BCUT2D eigenvalue weighted by molar-refractivity contribution is -0.135. The number of nitrogens with one attached hydrogen (secondary N) is 3. The third kappa shape index (κ3) is 4.69. The molecule has 1 aliphatic heterocycles. The van der Waals surface area contributed by atoms with E-state index in [9.17, 15) is 22.8 Å². The van der Waals surface area contributed by atoms with E-state index >= 15 is 0 Å². The van der Waals surface area contributed by atoms with Gasteiger partial charge in [-0.25, -0.2) is 13.2 Å². The second-order valence-corrected chi connectivity index (χ2v) is 9.79. The molecule has 0 bridgehead atoms. The average molecular weight is 423 g/mol. The highest BCUT2D eigenvalue weighted by molar-refractivity contribution is 7.92. The Bertz CT molecular complexity index is 951. The first-order valence-electron chi connectivity index (χ1n) is 9.51. The molecular weight excluding hydrogens is 396 g/mol. The third-order valence-electron chi connectivity index (χ3n) is 5.49. The lowest BCUT2D eigenvalue weighted by atomic mass is 9.77. The van der Waals surface area contributed by atoms with Crippen LogP contribution in [-0.2, 0) is 19.6 Å². The van der Waals surface area contributed by atoms with Crippen molar-refractivity contribution in [1.82, 2.24) is 10.2 Å². The molecule has 1 spiro atoms. The van der Waals surface area contributed by atoms with E-state index in [-0.39, 0.29) is 5.91 Å². The van der Waals surface area contributed by atoms with Crippen molar-refractivity contribution in [1.29, 1.82) is 0 Å². The molecule has 0 unspecified atom stereocenters. The summed E-state index contributed by atoms with van der Waals surface area (Å²) in [4.78, 5) is 38.5. The van der Waals surface area contributed by atoms with E-state index < -0.39 is 34.0 Å². The average Bonchev–Trinajstić information content (AvgIpc) is 2.84. The molecule has 29 heavy (non-hydrogen) atoms. The summed E-state index contributed by atoms with van der Waals surface area (Å²) >= 11 is 0. The molecule has 10 heteroatoms. The number of urea groups is 1. The van der Waals surface area contributed by atoms with E-state index in [0.29, 0.717) is 35.7 Å². The second kappa shape index (κ2) is 7.66. The number of anilines is 2. The highest BCUT2D eigenvalue weighted by Gasteiger charge is 2.52. The van der Waals surface area contributed by atoms with Gasteiger partial charge in [0.2, 0.25) is 15.9 Å². The molecule has 1 saturated carbocycles. The fourth-order valence-electron chi connectivity index (χ4n) is 3.77. The van der Waals surface area contributed by atoms with Crippen molar-refractivity contribution in [3.63, 3.8) is 0 Å². The normalized spacial score (nSPS) is 24.5. The first-order chi connectivity index (χ1) is 13.5. The molecule has 3 rings (SSSR count). The molecule has 4 amide bonds. The van der Waals surface area contributed by atoms with Gasteiger partial charge in [-0.05, 0) is 56.2 Å². The molecule has 0 atom stereocenters. The molecule has 2 aliphatic rings. The predicted octanol–water partition coefficient (Wildman–Crippen LogP) is 1.81. The second-order valence-electron chi connectivity index (χ2n) is 8.04. The van der Waals surface area contributed by atoms with E-state index in [0.717, 1.165) is 24.0 Å². The number of hydrogen-bond acceptors (Lipinski definition) is 5. The van der Waals surface area contributed by atoms with Crippen LogP contribution in [0, 0.1) is 12.8 Å². The van der Waals surface area contributed by atoms with Gasteiger partial charge in [-0.1, -0.05) is 13.0 Å². The van der Waals surface area contributed by atoms with E-state index in [1.165, 1.54) is 6.07 Å². The van der Waals surface area contributed by atoms with Crippen LogP contribution in [0.15, 0.2) is 18.2 Å². The lowest BCUT2D eigenvalue weighted by Gasteiger charge is -2.33. The number of imide groups is 1. The molecule has 1 heterocycles. The number of aryl methyl sites for hydroxylation is 1. The fraction of sp³-hybridized carbons (Fsp3) is 0.526. The minimum absolute atomic E-state index is 0.343. The largest absolute Gasteiger partial charge is 0.325 e. The first kappa shape index (κ1) is 21.1. The quantitative estimate of drug-likeness (QED) is 0.624. The van der Waals surface area contributed by atoms with E-state index in [1.807, 2.05) is 0 Å². The Labute approximate surface area is 170 Å². The van der Waals surface area contributed by atoms with Crippen LogP contribution in [0.1, 0.15) is 38.2 Å². The van der Waals surface area contributed by atoms with Crippen molar-refractivity contribution in [2.75, 3.05) is 22.8 Å². The minimum atomic E-state index is -3.47. The Morgan fingerprint density at radius 2 is 1.93 bits per heavy atom. The number of nitrogens with zero attached hydrogens (tertiary/aromatic N) is 1. The molecule has 0 radical (unpaired) electrons. The predicted molar refractivity (Wildman–Crippen MR) is 109 cm³/mol. The summed E-state index contributed by atoms with van der Waals surface area (Å²) in [7, 11) is -3.47. The van der Waals surface area contributed by atoms with Gasteiger partial charge in [0.05, 0.1) is 11.9 Å². The molecule has 2 fully saturated rings. The Balaban J connectivity index is 1.67. The molecule has 9 nitrogen and oxygen atoms in total. The summed E-state index contributed by atoms with van der Waals surface area (Å²) in [6.45, 7) is 3.45. The number of carbonyl (C=O) groups excluding carboxylic acids is 3. The van der Waals surface area contributed by atoms with Gasteiger partial charge >= 0.3 is 6.03 Å². The van der Waals surface area contributed by atoms with E-state index in [2.05, 4.69) is 22.3 Å². The number of carbonyl (C=O) groups is 3. The van der Waals surface area contributed by atoms with Crippen LogP contribution in [0.25, 0.3) is 0 Å². The topological polar surface area (TPSA) is 125 Å². The van der Waals surface area contributed by atoms with Gasteiger partial charge in [0.15, 0.2) is 0 Å². The van der Waals surface area contributed by atoms with Crippen molar-refractivity contribution in [3.05, 3.63) is 23.8 Å². The summed E-state index contributed by atoms with van der Waals surface area (Å²) < 4.78 is 25.3.